The van der Waals surface area contributed by atoms with E-state index in [1.807, 2.05) is 25.1 Å². The molecule has 3 unspecified atom stereocenters. The second-order valence-corrected chi connectivity index (χ2v) is 6.65. The van der Waals surface area contributed by atoms with E-state index in [4.69, 9.17) is 0 Å². The van der Waals surface area contributed by atoms with Crippen LogP contribution in [0.4, 0.5) is 0 Å². The summed E-state index contributed by atoms with van der Waals surface area (Å²) in [6.45, 7) is 2.47. The van der Waals surface area contributed by atoms with Gasteiger partial charge in [0.2, 0.25) is 5.91 Å². The summed E-state index contributed by atoms with van der Waals surface area (Å²) in [7, 11) is 0. The molecule has 0 bridgehead atoms. The molecule has 8 heteroatoms. The summed E-state index contributed by atoms with van der Waals surface area (Å²) in [6.07, 6.45) is 0.792. The van der Waals surface area contributed by atoms with Crippen LogP contribution in [0, 0.1) is 0 Å². The standard InChI is InChI=1S/C15H19N3O2S.2ClH/c1-9(17-15(20)12-7-10(19)8-16-12)6-14-18-11-4-2-3-5-13(11)21-14;;/h2-5,9-10,12,16,19H,6-8H2,1H3,(H,17,20);2*1H. The predicted octanol–water partition coefficient (Wildman–Crippen LogP) is 1.91. The summed E-state index contributed by atoms with van der Waals surface area (Å²) in [4.78, 5) is 16.6. The fourth-order valence-corrected chi connectivity index (χ4v) is 3.68. The van der Waals surface area contributed by atoms with Gasteiger partial charge < -0.3 is 15.7 Å². The number of nitrogens with one attached hydrogen (secondary N) is 2. The number of thiazole rings is 1. The molecular formula is C15H21Cl2N3O2S. The molecule has 23 heavy (non-hydrogen) atoms. The van der Waals surface area contributed by atoms with Crippen molar-refractivity contribution in [2.75, 3.05) is 6.54 Å². The highest BCUT2D eigenvalue weighted by atomic mass is 35.5. The lowest BCUT2D eigenvalue weighted by atomic mass is 10.1. The number of para-hydroxylation sites is 1. The van der Waals surface area contributed by atoms with Crippen LogP contribution < -0.4 is 10.6 Å². The molecule has 0 spiro atoms. The Labute approximate surface area is 151 Å². The molecule has 1 aliphatic rings. The Morgan fingerprint density at radius 1 is 1.48 bits per heavy atom. The number of aliphatic hydroxyl groups is 1. The van der Waals surface area contributed by atoms with Gasteiger partial charge in [0.25, 0.3) is 0 Å². The van der Waals surface area contributed by atoms with Gasteiger partial charge in [-0.05, 0) is 25.5 Å². The van der Waals surface area contributed by atoms with Crippen molar-refractivity contribution in [3.63, 3.8) is 0 Å². The molecule has 1 aliphatic heterocycles. The van der Waals surface area contributed by atoms with Crippen LogP contribution in [0.3, 0.4) is 0 Å². The minimum absolute atomic E-state index is 0. The Morgan fingerprint density at radius 3 is 2.87 bits per heavy atom. The van der Waals surface area contributed by atoms with Crippen molar-refractivity contribution < 1.29 is 9.90 Å². The molecular weight excluding hydrogens is 357 g/mol. The second-order valence-electron chi connectivity index (χ2n) is 5.54. The Bertz CT molecular complexity index is 619. The van der Waals surface area contributed by atoms with Crippen molar-refractivity contribution in [3.05, 3.63) is 29.3 Å². The predicted molar refractivity (Wildman–Crippen MR) is 97.8 cm³/mol. The fourth-order valence-electron chi connectivity index (χ4n) is 2.58. The van der Waals surface area contributed by atoms with Crippen LogP contribution in [-0.2, 0) is 11.2 Å². The molecule has 2 aromatic rings. The number of carbonyl (C=O) groups excluding carboxylic acids is 1. The number of hydrogen-bond acceptors (Lipinski definition) is 5. The van der Waals surface area contributed by atoms with Gasteiger partial charge in [-0.15, -0.1) is 36.2 Å². The van der Waals surface area contributed by atoms with Gasteiger partial charge in [0.1, 0.15) is 0 Å². The van der Waals surface area contributed by atoms with Gasteiger partial charge in [0.05, 0.1) is 27.4 Å². The van der Waals surface area contributed by atoms with E-state index in [-0.39, 0.29) is 42.8 Å². The Hall–Kier alpha value is -0.920. The highest BCUT2D eigenvalue weighted by Gasteiger charge is 2.28. The highest BCUT2D eigenvalue weighted by Crippen LogP contribution is 2.22. The number of halogens is 2. The third kappa shape index (κ3) is 5.02. The van der Waals surface area contributed by atoms with Crippen molar-refractivity contribution in [3.8, 4) is 0 Å². The van der Waals surface area contributed by atoms with Crippen LogP contribution in [0.5, 0.6) is 0 Å². The van der Waals surface area contributed by atoms with Crippen LogP contribution in [0.2, 0.25) is 0 Å². The lowest BCUT2D eigenvalue weighted by Gasteiger charge is -2.16. The number of aliphatic hydroxyl groups excluding tert-OH is 1. The number of hydrogen-bond donors (Lipinski definition) is 3. The molecule has 1 aromatic carbocycles. The molecule has 3 rings (SSSR count). The van der Waals surface area contributed by atoms with E-state index < -0.39 is 6.10 Å². The van der Waals surface area contributed by atoms with Gasteiger partial charge in [-0.25, -0.2) is 4.98 Å². The summed E-state index contributed by atoms with van der Waals surface area (Å²) in [5.41, 5.74) is 1.01. The quantitative estimate of drug-likeness (QED) is 0.760. The van der Waals surface area contributed by atoms with E-state index in [0.717, 1.165) is 16.9 Å². The Morgan fingerprint density at radius 2 is 2.22 bits per heavy atom. The third-order valence-corrected chi connectivity index (χ3v) is 4.69. The molecule has 5 nitrogen and oxygen atoms in total. The normalized spacial score (nSPS) is 21.3. The fraction of sp³-hybridized carbons (Fsp3) is 0.467. The molecule has 0 radical (unpaired) electrons. The first-order valence-corrected chi connectivity index (χ1v) is 8.00. The number of benzene rings is 1. The van der Waals surface area contributed by atoms with Crippen molar-refractivity contribution in [2.45, 2.75) is 38.0 Å². The maximum Gasteiger partial charge on any atom is 0.237 e. The van der Waals surface area contributed by atoms with Crippen molar-refractivity contribution in [1.82, 2.24) is 15.6 Å². The molecule has 1 amide bonds. The smallest absolute Gasteiger partial charge is 0.237 e. The van der Waals surface area contributed by atoms with Gasteiger partial charge >= 0.3 is 0 Å². The topological polar surface area (TPSA) is 74.2 Å². The maximum absolute atomic E-state index is 12.1. The molecule has 2 heterocycles. The van der Waals surface area contributed by atoms with Gasteiger partial charge in [-0.1, -0.05) is 12.1 Å². The first kappa shape index (κ1) is 20.1. The van der Waals surface area contributed by atoms with Crippen molar-refractivity contribution in [2.24, 2.45) is 0 Å². The number of rotatable bonds is 4. The number of β-amino-alcohol motifs (C(OH)–C–C–N with tert-alkyl or cyclic N) is 1. The van der Waals surface area contributed by atoms with E-state index in [1.54, 1.807) is 11.3 Å². The Balaban J connectivity index is 0.00000132. The van der Waals surface area contributed by atoms with E-state index in [0.29, 0.717) is 13.0 Å². The number of fused-ring (bicyclic) bond motifs is 1. The van der Waals surface area contributed by atoms with Crippen LogP contribution in [0.25, 0.3) is 10.2 Å². The van der Waals surface area contributed by atoms with E-state index in [9.17, 15) is 9.90 Å². The summed E-state index contributed by atoms with van der Waals surface area (Å²) in [5, 5.41) is 16.5. The molecule has 1 fully saturated rings. The molecule has 0 aliphatic carbocycles. The summed E-state index contributed by atoms with van der Waals surface area (Å²) in [6, 6.07) is 7.79. The number of amides is 1. The first-order chi connectivity index (χ1) is 10.1. The maximum atomic E-state index is 12.1. The van der Waals surface area contributed by atoms with Crippen molar-refractivity contribution in [1.29, 1.82) is 0 Å². The first-order valence-electron chi connectivity index (χ1n) is 7.18. The zero-order valence-corrected chi connectivity index (χ0v) is 15.1. The lowest BCUT2D eigenvalue weighted by molar-refractivity contribution is -0.123. The minimum atomic E-state index is -0.416. The summed E-state index contributed by atoms with van der Waals surface area (Å²) in [5.74, 6) is -0.0415. The minimum Gasteiger partial charge on any atom is -0.392 e. The van der Waals surface area contributed by atoms with Gasteiger partial charge in [-0.2, -0.15) is 0 Å². The third-order valence-electron chi connectivity index (χ3n) is 3.63. The average molecular weight is 378 g/mol. The summed E-state index contributed by atoms with van der Waals surface area (Å²) >= 11 is 1.67. The molecule has 128 valence electrons. The van der Waals surface area contributed by atoms with Crippen molar-refractivity contribution >= 4 is 52.3 Å². The second kappa shape index (κ2) is 8.80. The van der Waals surface area contributed by atoms with Crippen LogP contribution in [0.15, 0.2) is 24.3 Å². The van der Waals surface area contributed by atoms with Crippen LogP contribution >= 0.6 is 36.2 Å². The number of aromatic nitrogens is 1. The average Bonchev–Trinajstić information content (AvgIpc) is 3.03. The molecule has 3 atom stereocenters. The van der Waals surface area contributed by atoms with Crippen LogP contribution in [-0.4, -0.2) is 40.7 Å². The van der Waals surface area contributed by atoms with E-state index >= 15 is 0 Å². The van der Waals surface area contributed by atoms with E-state index in [2.05, 4.69) is 21.7 Å². The Kier molecular flexibility index (Phi) is 7.70. The lowest BCUT2D eigenvalue weighted by Crippen LogP contribution is -2.44. The largest absolute Gasteiger partial charge is 0.392 e. The van der Waals surface area contributed by atoms with E-state index in [1.165, 1.54) is 4.70 Å². The highest BCUT2D eigenvalue weighted by molar-refractivity contribution is 7.18. The number of nitrogens with zero attached hydrogens (tertiary/aromatic N) is 1. The van der Waals surface area contributed by atoms with Gasteiger partial charge in [0, 0.05) is 19.0 Å². The zero-order valence-electron chi connectivity index (χ0n) is 12.7. The molecule has 1 aromatic heterocycles. The van der Waals surface area contributed by atoms with Crippen LogP contribution in [0.1, 0.15) is 18.4 Å². The summed E-state index contributed by atoms with van der Waals surface area (Å²) < 4.78 is 1.17. The van der Waals surface area contributed by atoms with Gasteiger partial charge in [0.15, 0.2) is 0 Å². The zero-order chi connectivity index (χ0) is 14.8. The molecule has 1 saturated heterocycles. The number of carbonyl (C=O) groups is 1. The SMILES string of the molecule is CC(Cc1nc2ccccc2s1)NC(=O)C1CC(O)CN1.Cl.Cl. The molecule has 3 N–H and O–H groups in total. The molecule has 0 saturated carbocycles. The monoisotopic (exact) mass is 377 g/mol. The van der Waals surface area contributed by atoms with Gasteiger partial charge in [-0.3, -0.25) is 4.79 Å².